The largest absolute Gasteiger partial charge is 0.354 e. The van der Waals surface area contributed by atoms with Crippen LogP contribution >= 0.6 is 12.6 Å². The van der Waals surface area contributed by atoms with Gasteiger partial charge in [-0.2, -0.15) is 27.6 Å². The molecule has 6 heteroatoms. The molecule has 0 aliphatic heterocycles. The summed E-state index contributed by atoms with van der Waals surface area (Å²) in [6.45, 7) is 5.58. The van der Waals surface area contributed by atoms with E-state index in [9.17, 15) is 0 Å². The van der Waals surface area contributed by atoms with Crippen molar-refractivity contribution in [3.05, 3.63) is 5.82 Å². The number of thiol groups is 1. The van der Waals surface area contributed by atoms with Crippen LogP contribution in [-0.2, 0) is 5.75 Å². The monoisotopic (exact) mass is 213 g/mol. The number of nitrogens with zero attached hydrogens (tertiary/aromatic N) is 3. The second-order valence-electron chi connectivity index (χ2n) is 2.62. The number of rotatable bonds is 5. The molecule has 0 bridgehead atoms. The predicted molar refractivity (Wildman–Crippen MR) is 60.8 cm³/mol. The zero-order valence-electron chi connectivity index (χ0n) is 8.41. The van der Waals surface area contributed by atoms with E-state index >= 15 is 0 Å². The Labute approximate surface area is 89.2 Å². The number of hydrogen-bond acceptors (Lipinski definition) is 6. The molecule has 0 saturated carbocycles. The summed E-state index contributed by atoms with van der Waals surface area (Å²) in [6, 6.07) is 0. The maximum absolute atomic E-state index is 4.18. The van der Waals surface area contributed by atoms with E-state index in [0.29, 0.717) is 23.5 Å². The summed E-state index contributed by atoms with van der Waals surface area (Å²) >= 11 is 4.13. The Bertz CT molecular complexity index is 267. The fourth-order valence-corrected chi connectivity index (χ4v) is 1.11. The molecule has 1 rings (SSSR count). The van der Waals surface area contributed by atoms with Crippen LogP contribution in [0.1, 0.15) is 19.7 Å². The lowest BCUT2D eigenvalue weighted by molar-refractivity contribution is 0.944. The van der Waals surface area contributed by atoms with E-state index in [1.165, 1.54) is 0 Å². The predicted octanol–water partition coefficient (Wildman–Crippen LogP) is 1.16. The van der Waals surface area contributed by atoms with Crippen LogP contribution in [0.3, 0.4) is 0 Å². The molecule has 0 spiro atoms. The first-order valence-electron chi connectivity index (χ1n) is 4.63. The van der Waals surface area contributed by atoms with Gasteiger partial charge in [0.05, 0.1) is 5.75 Å². The molecule has 1 aromatic heterocycles. The van der Waals surface area contributed by atoms with Gasteiger partial charge in [0.25, 0.3) is 0 Å². The van der Waals surface area contributed by atoms with Gasteiger partial charge >= 0.3 is 0 Å². The molecule has 0 saturated heterocycles. The van der Waals surface area contributed by atoms with Crippen LogP contribution < -0.4 is 10.6 Å². The molecule has 0 fully saturated rings. The van der Waals surface area contributed by atoms with Crippen LogP contribution in [0.15, 0.2) is 0 Å². The molecule has 0 atom stereocenters. The highest BCUT2D eigenvalue weighted by molar-refractivity contribution is 7.79. The minimum atomic E-state index is 0.513. The van der Waals surface area contributed by atoms with E-state index in [2.05, 4.69) is 38.2 Å². The van der Waals surface area contributed by atoms with Gasteiger partial charge in [0.2, 0.25) is 11.9 Å². The van der Waals surface area contributed by atoms with Gasteiger partial charge in [-0.1, -0.05) is 0 Å². The first-order chi connectivity index (χ1) is 6.80. The Morgan fingerprint density at radius 3 is 1.86 bits per heavy atom. The molecule has 1 aromatic rings. The molecule has 14 heavy (non-hydrogen) atoms. The van der Waals surface area contributed by atoms with Crippen molar-refractivity contribution in [2.24, 2.45) is 0 Å². The maximum atomic E-state index is 4.18. The van der Waals surface area contributed by atoms with Gasteiger partial charge in [-0.15, -0.1) is 0 Å². The van der Waals surface area contributed by atoms with E-state index < -0.39 is 0 Å². The average molecular weight is 213 g/mol. The second kappa shape index (κ2) is 5.64. The molecule has 5 nitrogen and oxygen atoms in total. The van der Waals surface area contributed by atoms with Crippen LogP contribution in [0.4, 0.5) is 11.9 Å². The van der Waals surface area contributed by atoms with Crippen LogP contribution in [0.25, 0.3) is 0 Å². The topological polar surface area (TPSA) is 62.7 Å². The van der Waals surface area contributed by atoms with Crippen molar-refractivity contribution in [1.29, 1.82) is 0 Å². The maximum Gasteiger partial charge on any atom is 0.227 e. The lowest BCUT2D eigenvalue weighted by Gasteiger charge is -2.06. The molecule has 0 radical (unpaired) electrons. The minimum Gasteiger partial charge on any atom is -0.354 e. The molecular formula is C8H15N5S. The normalized spacial score (nSPS) is 9.93. The van der Waals surface area contributed by atoms with Crippen molar-refractivity contribution in [1.82, 2.24) is 15.0 Å². The number of nitrogens with one attached hydrogen (secondary N) is 2. The van der Waals surface area contributed by atoms with Crippen molar-refractivity contribution in [2.75, 3.05) is 23.7 Å². The summed E-state index contributed by atoms with van der Waals surface area (Å²) in [5.74, 6) is 2.39. The summed E-state index contributed by atoms with van der Waals surface area (Å²) in [5, 5.41) is 6.09. The molecule has 0 aliphatic rings. The molecule has 0 unspecified atom stereocenters. The van der Waals surface area contributed by atoms with Crippen LogP contribution in [0, 0.1) is 0 Å². The van der Waals surface area contributed by atoms with Crippen LogP contribution in [0.5, 0.6) is 0 Å². The standard InChI is InChI=1S/C8H15N5S/c1-3-9-7-11-6(5-14)12-8(13-7)10-4-2/h14H,3-5H2,1-2H3,(H2,9,10,11,12,13). The lowest BCUT2D eigenvalue weighted by atomic mass is 10.6. The quantitative estimate of drug-likeness (QED) is 0.641. The van der Waals surface area contributed by atoms with Gasteiger partial charge in [-0.3, -0.25) is 0 Å². The smallest absolute Gasteiger partial charge is 0.227 e. The van der Waals surface area contributed by atoms with E-state index in [1.807, 2.05) is 13.8 Å². The Morgan fingerprint density at radius 1 is 1.00 bits per heavy atom. The highest BCUT2D eigenvalue weighted by Gasteiger charge is 2.03. The fourth-order valence-electron chi connectivity index (χ4n) is 0.965. The minimum absolute atomic E-state index is 0.513. The molecule has 0 amide bonds. The Morgan fingerprint density at radius 2 is 1.50 bits per heavy atom. The third-order valence-corrected chi connectivity index (χ3v) is 1.78. The number of aromatic nitrogens is 3. The lowest BCUT2D eigenvalue weighted by Crippen LogP contribution is -2.10. The van der Waals surface area contributed by atoms with Crippen molar-refractivity contribution >= 4 is 24.5 Å². The van der Waals surface area contributed by atoms with Crippen molar-refractivity contribution in [3.8, 4) is 0 Å². The highest BCUT2D eigenvalue weighted by atomic mass is 32.1. The molecule has 2 N–H and O–H groups in total. The molecule has 1 heterocycles. The second-order valence-corrected chi connectivity index (χ2v) is 2.93. The van der Waals surface area contributed by atoms with Crippen molar-refractivity contribution in [3.63, 3.8) is 0 Å². The Kier molecular flexibility index (Phi) is 4.45. The van der Waals surface area contributed by atoms with Gasteiger partial charge in [-0.05, 0) is 13.8 Å². The average Bonchev–Trinajstić information content (AvgIpc) is 2.18. The molecule has 0 aliphatic carbocycles. The summed E-state index contributed by atoms with van der Waals surface area (Å²) < 4.78 is 0. The number of anilines is 2. The van der Waals surface area contributed by atoms with Crippen molar-refractivity contribution in [2.45, 2.75) is 19.6 Å². The van der Waals surface area contributed by atoms with E-state index in [0.717, 1.165) is 13.1 Å². The van der Waals surface area contributed by atoms with Crippen molar-refractivity contribution < 1.29 is 0 Å². The summed E-state index contributed by atoms with van der Waals surface area (Å²) in [6.07, 6.45) is 0. The summed E-state index contributed by atoms with van der Waals surface area (Å²) in [4.78, 5) is 12.5. The van der Waals surface area contributed by atoms with Gasteiger partial charge in [-0.25, -0.2) is 0 Å². The highest BCUT2D eigenvalue weighted by Crippen LogP contribution is 2.06. The Balaban J connectivity index is 2.88. The fraction of sp³-hybridized carbons (Fsp3) is 0.625. The van der Waals surface area contributed by atoms with Gasteiger partial charge in [0, 0.05) is 13.1 Å². The summed E-state index contributed by atoms with van der Waals surface area (Å²) in [5.41, 5.74) is 0. The third-order valence-electron chi connectivity index (χ3n) is 1.49. The third kappa shape index (κ3) is 3.02. The van der Waals surface area contributed by atoms with Crippen LogP contribution in [0.2, 0.25) is 0 Å². The molecular weight excluding hydrogens is 198 g/mol. The zero-order chi connectivity index (χ0) is 10.4. The SMILES string of the molecule is CCNc1nc(CS)nc(NCC)n1. The van der Waals surface area contributed by atoms with Gasteiger partial charge in [0.15, 0.2) is 0 Å². The molecule has 0 aromatic carbocycles. The Hall–Kier alpha value is -1.04. The van der Waals surface area contributed by atoms with Gasteiger partial charge < -0.3 is 10.6 Å². The first-order valence-corrected chi connectivity index (χ1v) is 5.27. The number of hydrogen-bond donors (Lipinski definition) is 3. The van der Waals surface area contributed by atoms with Gasteiger partial charge in [0.1, 0.15) is 5.82 Å². The van der Waals surface area contributed by atoms with E-state index in [4.69, 9.17) is 0 Å². The van der Waals surface area contributed by atoms with E-state index in [1.54, 1.807) is 0 Å². The van der Waals surface area contributed by atoms with Crippen LogP contribution in [-0.4, -0.2) is 28.0 Å². The van der Waals surface area contributed by atoms with E-state index in [-0.39, 0.29) is 0 Å². The zero-order valence-corrected chi connectivity index (χ0v) is 9.30. The summed E-state index contributed by atoms with van der Waals surface area (Å²) in [7, 11) is 0. The first kappa shape index (κ1) is 11.0. The molecule has 78 valence electrons.